The van der Waals surface area contributed by atoms with Crippen molar-refractivity contribution in [1.82, 2.24) is 10.3 Å². The molecule has 1 aromatic rings. The van der Waals surface area contributed by atoms with Crippen LogP contribution in [0.3, 0.4) is 0 Å². The van der Waals surface area contributed by atoms with Gasteiger partial charge in [0, 0.05) is 18.5 Å². The van der Waals surface area contributed by atoms with Gasteiger partial charge in [-0.15, -0.1) is 0 Å². The van der Waals surface area contributed by atoms with Crippen LogP contribution < -0.4 is 15.2 Å². The van der Waals surface area contributed by atoms with Crippen LogP contribution in [0.1, 0.15) is 6.42 Å². The minimum absolute atomic E-state index is 0.00705. The van der Waals surface area contributed by atoms with Gasteiger partial charge in [-0.05, 0) is 19.0 Å². The van der Waals surface area contributed by atoms with Crippen LogP contribution in [0.4, 0.5) is 0 Å². The van der Waals surface area contributed by atoms with E-state index in [2.05, 4.69) is 10.3 Å². The number of nitrogens with one attached hydrogen (secondary N) is 1. The number of primary sulfonamides is 1. The first-order valence-electron chi connectivity index (χ1n) is 5.38. The molecule has 3 N–H and O–H groups in total. The predicted octanol–water partition coefficient (Wildman–Crippen LogP) is -0.283. The standard InChI is InChI=1S/C10H15N3O3S/c11-17(14,15)9-1-2-10(13-6-9)16-7-8-3-4-12-5-8/h1-2,6,8,12H,3-5,7H2,(H2,11,14,15). The Morgan fingerprint density at radius 2 is 2.35 bits per heavy atom. The highest BCUT2D eigenvalue weighted by atomic mass is 32.2. The van der Waals surface area contributed by atoms with E-state index in [0.717, 1.165) is 19.5 Å². The van der Waals surface area contributed by atoms with Gasteiger partial charge in [0.15, 0.2) is 0 Å². The Hall–Kier alpha value is -1.18. The predicted molar refractivity (Wildman–Crippen MR) is 62.1 cm³/mol. The normalized spacial score (nSPS) is 20.4. The van der Waals surface area contributed by atoms with Crippen molar-refractivity contribution in [3.8, 4) is 5.88 Å². The number of aromatic nitrogens is 1. The number of nitrogens with two attached hydrogens (primary N) is 1. The van der Waals surface area contributed by atoms with Gasteiger partial charge in [-0.25, -0.2) is 18.5 Å². The van der Waals surface area contributed by atoms with E-state index in [0.29, 0.717) is 18.4 Å². The van der Waals surface area contributed by atoms with Crippen LogP contribution in [-0.2, 0) is 10.0 Å². The van der Waals surface area contributed by atoms with E-state index in [4.69, 9.17) is 9.88 Å². The van der Waals surface area contributed by atoms with Gasteiger partial charge in [-0.1, -0.05) is 0 Å². The first-order valence-corrected chi connectivity index (χ1v) is 6.93. The third-order valence-electron chi connectivity index (χ3n) is 2.67. The Labute approximate surface area is 100 Å². The van der Waals surface area contributed by atoms with Crippen molar-refractivity contribution in [3.05, 3.63) is 18.3 Å². The van der Waals surface area contributed by atoms with Gasteiger partial charge < -0.3 is 10.1 Å². The van der Waals surface area contributed by atoms with Crippen molar-refractivity contribution >= 4 is 10.0 Å². The SMILES string of the molecule is NS(=O)(=O)c1ccc(OCC2CCNC2)nc1. The summed E-state index contributed by atoms with van der Waals surface area (Å²) < 4.78 is 27.5. The lowest BCUT2D eigenvalue weighted by Crippen LogP contribution is -2.16. The van der Waals surface area contributed by atoms with Crippen LogP contribution in [0.5, 0.6) is 5.88 Å². The van der Waals surface area contributed by atoms with Gasteiger partial charge in [0.2, 0.25) is 15.9 Å². The monoisotopic (exact) mass is 257 g/mol. The summed E-state index contributed by atoms with van der Waals surface area (Å²) in [5, 5.41) is 8.20. The van der Waals surface area contributed by atoms with Crippen molar-refractivity contribution < 1.29 is 13.2 Å². The van der Waals surface area contributed by atoms with E-state index < -0.39 is 10.0 Å². The fraction of sp³-hybridized carbons (Fsp3) is 0.500. The largest absolute Gasteiger partial charge is 0.477 e. The minimum Gasteiger partial charge on any atom is -0.477 e. The maximum atomic E-state index is 11.0. The Morgan fingerprint density at radius 1 is 1.53 bits per heavy atom. The molecular weight excluding hydrogens is 242 g/mol. The minimum atomic E-state index is -3.68. The third-order valence-corrected chi connectivity index (χ3v) is 3.57. The van der Waals surface area contributed by atoms with Gasteiger partial charge in [0.1, 0.15) is 4.90 Å². The summed E-state index contributed by atoms with van der Waals surface area (Å²) in [4.78, 5) is 3.90. The maximum Gasteiger partial charge on any atom is 0.239 e. The van der Waals surface area contributed by atoms with Crippen molar-refractivity contribution in [2.45, 2.75) is 11.3 Å². The molecule has 1 saturated heterocycles. The number of nitrogens with zero attached hydrogens (tertiary/aromatic N) is 1. The Bertz CT molecular complexity index is 466. The Morgan fingerprint density at radius 3 is 2.88 bits per heavy atom. The van der Waals surface area contributed by atoms with Crippen LogP contribution in [0.25, 0.3) is 0 Å². The first-order chi connectivity index (χ1) is 8.05. The summed E-state index contributed by atoms with van der Waals surface area (Å²) in [5.74, 6) is 0.916. The molecule has 0 saturated carbocycles. The van der Waals surface area contributed by atoms with E-state index >= 15 is 0 Å². The number of sulfonamides is 1. The molecule has 1 aliphatic rings. The maximum absolute atomic E-state index is 11.0. The third kappa shape index (κ3) is 3.39. The Kier molecular flexibility index (Phi) is 3.60. The average Bonchev–Trinajstić information content (AvgIpc) is 2.78. The molecule has 1 fully saturated rings. The molecular formula is C10H15N3O3S. The average molecular weight is 257 g/mol. The molecule has 1 aromatic heterocycles. The molecule has 1 unspecified atom stereocenters. The summed E-state index contributed by atoms with van der Waals surface area (Å²) in [6.45, 7) is 2.57. The molecule has 94 valence electrons. The van der Waals surface area contributed by atoms with E-state index in [1.54, 1.807) is 0 Å². The van der Waals surface area contributed by atoms with E-state index in [9.17, 15) is 8.42 Å². The molecule has 6 nitrogen and oxygen atoms in total. The lowest BCUT2D eigenvalue weighted by molar-refractivity contribution is 0.251. The molecule has 0 amide bonds. The zero-order chi connectivity index (χ0) is 12.3. The summed E-state index contributed by atoms with van der Waals surface area (Å²) in [5.41, 5.74) is 0. The van der Waals surface area contributed by atoms with Crippen molar-refractivity contribution in [1.29, 1.82) is 0 Å². The van der Waals surface area contributed by atoms with Gasteiger partial charge in [0.05, 0.1) is 12.8 Å². The zero-order valence-electron chi connectivity index (χ0n) is 9.30. The van der Waals surface area contributed by atoms with E-state index in [1.165, 1.54) is 18.3 Å². The topological polar surface area (TPSA) is 94.3 Å². The fourth-order valence-corrected chi connectivity index (χ4v) is 2.14. The van der Waals surface area contributed by atoms with Gasteiger partial charge in [-0.3, -0.25) is 0 Å². The smallest absolute Gasteiger partial charge is 0.239 e. The van der Waals surface area contributed by atoms with Gasteiger partial charge in [0.25, 0.3) is 0 Å². The van der Waals surface area contributed by atoms with Crippen molar-refractivity contribution in [2.24, 2.45) is 11.1 Å². The molecule has 2 rings (SSSR count). The van der Waals surface area contributed by atoms with Crippen molar-refractivity contribution in [2.75, 3.05) is 19.7 Å². The first kappa shape index (κ1) is 12.3. The molecule has 0 aromatic carbocycles. The summed E-state index contributed by atoms with van der Waals surface area (Å²) in [7, 11) is -3.68. The number of hydrogen-bond donors (Lipinski definition) is 2. The van der Waals surface area contributed by atoms with E-state index in [-0.39, 0.29) is 4.90 Å². The molecule has 0 spiro atoms. The van der Waals surface area contributed by atoms with E-state index in [1.807, 2.05) is 0 Å². The molecule has 1 atom stereocenters. The number of hydrogen-bond acceptors (Lipinski definition) is 5. The zero-order valence-corrected chi connectivity index (χ0v) is 10.1. The van der Waals surface area contributed by atoms with Crippen LogP contribution in [0, 0.1) is 5.92 Å². The molecule has 17 heavy (non-hydrogen) atoms. The molecule has 0 radical (unpaired) electrons. The summed E-state index contributed by atoms with van der Waals surface area (Å²) in [6.07, 6.45) is 2.30. The highest BCUT2D eigenvalue weighted by molar-refractivity contribution is 7.89. The highest BCUT2D eigenvalue weighted by Crippen LogP contribution is 2.13. The van der Waals surface area contributed by atoms with Crippen LogP contribution in [0.2, 0.25) is 0 Å². The van der Waals surface area contributed by atoms with Crippen LogP contribution >= 0.6 is 0 Å². The number of rotatable bonds is 4. The second kappa shape index (κ2) is 4.99. The molecule has 1 aliphatic heterocycles. The lowest BCUT2D eigenvalue weighted by atomic mass is 10.1. The number of pyridine rings is 1. The quantitative estimate of drug-likeness (QED) is 0.773. The fourth-order valence-electron chi connectivity index (χ4n) is 1.68. The van der Waals surface area contributed by atoms with Crippen LogP contribution in [0.15, 0.2) is 23.2 Å². The van der Waals surface area contributed by atoms with Crippen LogP contribution in [-0.4, -0.2) is 33.1 Å². The van der Waals surface area contributed by atoms with Crippen molar-refractivity contribution in [3.63, 3.8) is 0 Å². The van der Waals surface area contributed by atoms with Gasteiger partial charge in [-0.2, -0.15) is 0 Å². The Balaban J connectivity index is 1.94. The number of ether oxygens (including phenoxy) is 1. The lowest BCUT2D eigenvalue weighted by Gasteiger charge is -2.09. The van der Waals surface area contributed by atoms with Gasteiger partial charge >= 0.3 is 0 Å². The highest BCUT2D eigenvalue weighted by Gasteiger charge is 2.15. The molecule has 7 heteroatoms. The molecule has 0 bridgehead atoms. The summed E-state index contributed by atoms with van der Waals surface area (Å²) >= 11 is 0. The molecule has 2 heterocycles. The second-order valence-corrected chi connectivity index (χ2v) is 5.61. The second-order valence-electron chi connectivity index (χ2n) is 4.05. The molecule has 0 aliphatic carbocycles. The summed E-state index contributed by atoms with van der Waals surface area (Å²) in [6, 6.07) is 2.91.